The number of alkyl halides is 3. The number of benzene rings is 1. The Bertz CT molecular complexity index is 598. The SMILES string of the molecule is COc1cc(F)c(C(=O)N(CC(F)(F)F)C2CCCC2)cc1OC. The van der Waals surface area contributed by atoms with E-state index in [1.165, 1.54) is 14.2 Å². The van der Waals surface area contributed by atoms with Crippen LogP contribution in [0.1, 0.15) is 36.0 Å². The van der Waals surface area contributed by atoms with E-state index < -0.39 is 36.1 Å². The van der Waals surface area contributed by atoms with Crippen molar-refractivity contribution in [2.75, 3.05) is 20.8 Å². The van der Waals surface area contributed by atoms with Crippen LogP contribution in [0.4, 0.5) is 17.6 Å². The first kappa shape index (κ1) is 18.4. The number of carbonyl (C=O) groups is 1. The third-order valence-electron chi connectivity index (χ3n) is 4.08. The quantitative estimate of drug-likeness (QED) is 0.759. The van der Waals surface area contributed by atoms with Crippen molar-refractivity contribution in [1.29, 1.82) is 0 Å². The highest BCUT2D eigenvalue weighted by Gasteiger charge is 2.38. The Balaban J connectivity index is 2.38. The fraction of sp³-hybridized carbons (Fsp3) is 0.562. The average molecular weight is 349 g/mol. The standard InChI is InChI=1S/C16H19F4NO3/c1-23-13-7-11(12(17)8-14(13)24-2)15(22)21(9-16(18,19)20)10-5-3-4-6-10/h7-8,10H,3-6,9H2,1-2H3. The Morgan fingerprint density at radius 2 is 1.71 bits per heavy atom. The molecule has 0 N–H and O–H groups in total. The fourth-order valence-corrected chi connectivity index (χ4v) is 2.95. The van der Waals surface area contributed by atoms with Gasteiger partial charge in [-0.1, -0.05) is 12.8 Å². The second-order valence-corrected chi connectivity index (χ2v) is 5.67. The first-order valence-electron chi connectivity index (χ1n) is 7.56. The number of amides is 1. The second kappa shape index (κ2) is 7.27. The number of methoxy groups -OCH3 is 2. The van der Waals surface area contributed by atoms with E-state index in [2.05, 4.69) is 0 Å². The molecule has 0 heterocycles. The van der Waals surface area contributed by atoms with Crippen LogP contribution in [0.3, 0.4) is 0 Å². The van der Waals surface area contributed by atoms with Crippen LogP contribution in [-0.2, 0) is 0 Å². The molecule has 1 aliphatic carbocycles. The van der Waals surface area contributed by atoms with Crippen LogP contribution in [0.25, 0.3) is 0 Å². The maximum absolute atomic E-state index is 14.2. The van der Waals surface area contributed by atoms with E-state index in [4.69, 9.17) is 9.47 Å². The van der Waals surface area contributed by atoms with Crippen LogP contribution in [0.15, 0.2) is 12.1 Å². The molecule has 0 unspecified atom stereocenters. The molecule has 0 atom stereocenters. The number of halogens is 4. The predicted molar refractivity (Wildman–Crippen MR) is 78.9 cm³/mol. The molecule has 1 aliphatic rings. The molecule has 2 rings (SSSR count). The van der Waals surface area contributed by atoms with Crippen LogP contribution >= 0.6 is 0 Å². The number of nitrogens with zero attached hydrogens (tertiary/aromatic N) is 1. The van der Waals surface area contributed by atoms with Crippen LogP contribution < -0.4 is 9.47 Å². The number of hydrogen-bond acceptors (Lipinski definition) is 3. The van der Waals surface area contributed by atoms with Gasteiger partial charge in [0.1, 0.15) is 12.4 Å². The zero-order valence-electron chi connectivity index (χ0n) is 13.5. The summed E-state index contributed by atoms with van der Waals surface area (Å²) in [6.45, 7) is -1.40. The van der Waals surface area contributed by atoms with Gasteiger partial charge in [0, 0.05) is 12.1 Å². The maximum atomic E-state index is 14.2. The van der Waals surface area contributed by atoms with E-state index in [0.29, 0.717) is 12.8 Å². The number of carbonyl (C=O) groups excluding carboxylic acids is 1. The van der Waals surface area contributed by atoms with Gasteiger partial charge in [-0.3, -0.25) is 4.79 Å². The van der Waals surface area contributed by atoms with Gasteiger partial charge in [0.25, 0.3) is 5.91 Å². The molecule has 0 spiro atoms. The van der Waals surface area contributed by atoms with Crippen molar-refractivity contribution >= 4 is 5.91 Å². The monoisotopic (exact) mass is 349 g/mol. The zero-order valence-corrected chi connectivity index (χ0v) is 13.5. The largest absolute Gasteiger partial charge is 0.493 e. The number of rotatable bonds is 5. The van der Waals surface area contributed by atoms with Gasteiger partial charge < -0.3 is 14.4 Å². The predicted octanol–water partition coefficient (Wildman–Crippen LogP) is 3.79. The molecule has 0 radical (unpaired) electrons. The van der Waals surface area contributed by atoms with Gasteiger partial charge in [-0.05, 0) is 18.9 Å². The topological polar surface area (TPSA) is 38.8 Å². The molecule has 0 aliphatic heterocycles. The van der Waals surface area contributed by atoms with Gasteiger partial charge >= 0.3 is 6.18 Å². The summed E-state index contributed by atoms with van der Waals surface area (Å²) in [5.41, 5.74) is -0.455. The highest BCUT2D eigenvalue weighted by atomic mass is 19.4. The molecule has 1 saturated carbocycles. The second-order valence-electron chi connectivity index (χ2n) is 5.67. The van der Waals surface area contributed by atoms with E-state index in [0.717, 1.165) is 29.9 Å². The Kier molecular flexibility index (Phi) is 5.56. The number of hydrogen-bond donors (Lipinski definition) is 0. The zero-order chi connectivity index (χ0) is 17.9. The van der Waals surface area contributed by atoms with Gasteiger partial charge in [-0.15, -0.1) is 0 Å². The van der Waals surface area contributed by atoms with Crippen molar-refractivity contribution in [1.82, 2.24) is 4.90 Å². The summed E-state index contributed by atoms with van der Waals surface area (Å²) in [7, 11) is 2.60. The van der Waals surface area contributed by atoms with Crippen molar-refractivity contribution in [2.24, 2.45) is 0 Å². The lowest BCUT2D eigenvalue weighted by atomic mass is 10.1. The Labute approximate surface area is 137 Å². The van der Waals surface area contributed by atoms with Gasteiger partial charge in [-0.2, -0.15) is 13.2 Å². The van der Waals surface area contributed by atoms with Crippen molar-refractivity contribution in [2.45, 2.75) is 37.9 Å². The molecular weight excluding hydrogens is 330 g/mol. The minimum Gasteiger partial charge on any atom is -0.493 e. The van der Waals surface area contributed by atoms with Crippen LogP contribution in [0.2, 0.25) is 0 Å². The van der Waals surface area contributed by atoms with Gasteiger partial charge in [0.2, 0.25) is 0 Å². The van der Waals surface area contributed by atoms with Crippen molar-refractivity contribution in [3.05, 3.63) is 23.5 Å². The molecule has 8 heteroatoms. The molecular formula is C16H19F4NO3. The van der Waals surface area contributed by atoms with Crippen LogP contribution in [0, 0.1) is 5.82 Å². The molecule has 4 nitrogen and oxygen atoms in total. The van der Waals surface area contributed by atoms with E-state index in [1.54, 1.807) is 0 Å². The van der Waals surface area contributed by atoms with E-state index in [1.807, 2.05) is 0 Å². The van der Waals surface area contributed by atoms with Crippen LogP contribution in [-0.4, -0.2) is 43.8 Å². The summed E-state index contributed by atoms with van der Waals surface area (Å²) in [5.74, 6) is -1.78. The first-order chi connectivity index (χ1) is 11.3. The molecule has 1 fully saturated rings. The highest BCUT2D eigenvalue weighted by molar-refractivity contribution is 5.95. The Morgan fingerprint density at radius 3 is 2.21 bits per heavy atom. The van der Waals surface area contributed by atoms with Crippen molar-refractivity contribution in [3.63, 3.8) is 0 Å². The van der Waals surface area contributed by atoms with Crippen molar-refractivity contribution < 1.29 is 31.8 Å². The third-order valence-corrected chi connectivity index (χ3v) is 4.08. The molecule has 134 valence electrons. The summed E-state index contributed by atoms with van der Waals surface area (Å²) in [4.78, 5) is 13.3. The molecule has 1 amide bonds. The van der Waals surface area contributed by atoms with Gasteiger partial charge in [-0.25, -0.2) is 4.39 Å². The molecule has 1 aromatic carbocycles. The minimum absolute atomic E-state index is 0.0646. The lowest BCUT2D eigenvalue weighted by Crippen LogP contribution is -2.45. The molecule has 24 heavy (non-hydrogen) atoms. The summed E-state index contributed by atoms with van der Waals surface area (Å²) in [5, 5.41) is 0. The molecule has 1 aromatic rings. The maximum Gasteiger partial charge on any atom is 0.406 e. The first-order valence-corrected chi connectivity index (χ1v) is 7.56. The smallest absolute Gasteiger partial charge is 0.406 e. The van der Waals surface area contributed by atoms with E-state index in [-0.39, 0.29) is 11.5 Å². The molecule has 0 aromatic heterocycles. The molecule has 0 saturated heterocycles. The Hall–Kier alpha value is -1.99. The van der Waals surface area contributed by atoms with Crippen LogP contribution in [0.5, 0.6) is 11.5 Å². The summed E-state index contributed by atoms with van der Waals surface area (Å²) >= 11 is 0. The summed E-state index contributed by atoms with van der Waals surface area (Å²) < 4.78 is 62.7. The third kappa shape index (κ3) is 4.10. The summed E-state index contributed by atoms with van der Waals surface area (Å²) in [6.07, 6.45) is -2.08. The van der Waals surface area contributed by atoms with Crippen molar-refractivity contribution in [3.8, 4) is 11.5 Å². The fourth-order valence-electron chi connectivity index (χ4n) is 2.95. The average Bonchev–Trinajstić information content (AvgIpc) is 3.05. The minimum atomic E-state index is -4.55. The lowest BCUT2D eigenvalue weighted by molar-refractivity contribution is -0.144. The lowest BCUT2D eigenvalue weighted by Gasteiger charge is -2.30. The normalized spacial score (nSPS) is 15.4. The highest BCUT2D eigenvalue weighted by Crippen LogP contribution is 2.33. The van der Waals surface area contributed by atoms with E-state index >= 15 is 0 Å². The van der Waals surface area contributed by atoms with Gasteiger partial charge in [0.05, 0.1) is 19.8 Å². The Morgan fingerprint density at radius 1 is 1.17 bits per heavy atom. The summed E-state index contributed by atoms with van der Waals surface area (Å²) in [6, 6.07) is 1.48. The number of ether oxygens (including phenoxy) is 2. The van der Waals surface area contributed by atoms with Gasteiger partial charge in [0.15, 0.2) is 11.5 Å². The molecule has 0 bridgehead atoms. The van der Waals surface area contributed by atoms with E-state index in [9.17, 15) is 22.4 Å².